The van der Waals surface area contributed by atoms with Crippen LogP contribution in [0.15, 0.2) is 30.9 Å². The fourth-order valence-corrected chi connectivity index (χ4v) is 7.70. The van der Waals surface area contributed by atoms with E-state index >= 15 is 0 Å². The third-order valence-electron chi connectivity index (χ3n) is 10.1. The van der Waals surface area contributed by atoms with Crippen LogP contribution >= 0.6 is 0 Å². The number of nitriles is 1. The number of piperazine rings is 1. The van der Waals surface area contributed by atoms with E-state index in [-0.39, 0.29) is 42.1 Å². The van der Waals surface area contributed by atoms with Crippen LogP contribution in [0.25, 0.3) is 0 Å². The second-order valence-electron chi connectivity index (χ2n) is 12.4. The molecule has 4 fully saturated rings. The topological polar surface area (TPSA) is 110 Å². The molecule has 3 saturated heterocycles. The zero-order chi connectivity index (χ0) is 29.4. The third-order valence-corrected chi connectivity index (χ3v) is 10.1. The molecule has 0 radical (unpaired) electrons. The van der Waals surface area contributed by atoms with Crippen molar-refractivity contribution in [2.24, 2.45) is 5.92 Å². The highest BCUT2D eigenvalue weighted by atomic mass is 19.1. The molecular formula is C31H41FN6O4. The Balaban J connectivity index is 1.24. The Labute approximate surface area is 246 Å². The Morgan fingerprint density at radius 1 is 1.26 bits per heavy atom. The summed E-state index contributed by atoms with van der Waals surface area (Å²) in [5.41, 5.74) is -0.475. The van der Waals surface area contributed by atoms with Gasteiger partial charge in [-0.2, -0.15) is 5.26 Å². The van der Waals surface area contributed by atoms with Crippen LogP contribution in [-0.4, -0.2) is 102 Å². The maximum Gasteiger partial charge on any atom is 0.246 e. The number of hydrogen-bond acceptors (Lipinski definition) is 9. The van der Waals surface area contributed by atoms with Crippen molar-refractivity contribution in [1.82, 2.24) is 25.3 Å². The average molecular weight is 581 g/mol. The molecule has 4 heterocycles. The number of rotatable bonds is 6. The van der Waals surface area contributed by atoms with Gasteiger partial charge in [-0.05, 0) is 70.3 Å². The number of carbonyl (C=O) groups is 2. The Hall–Kier alpha value is -2.88. The minimum Gasteiger partial charge on any atom is -0.479 e. The van der Waals surface area contributed by atoms with Gasteiger partial charge in [-0.25, -0.2) is 4.39 Å². The van der Waals surface area contributed by atoms with E-state index in [0.717, 1.165) is 25.8 Å². The summed E-state index contributed by atoms with van der Waals surface area (Å²) >= 11 is 0. The molecule has 2 N–H and O–H groups in total. The molecule has 1 amide bonds. The first-order valence-electron chi connectivity index (χ1n) is 15.2. The van der Waals surface area contributed by atoms with E-state index in [1.165, 1.54) is 12.1 Å². The van der Waals surface area contributed by atoms with Crippen molar-refractivity contribution in [2.75, 3.05) is 39.8 Å². The number of ketones is 1. The van der Waals surface area contributed by atoms with Gasteiger partial charge in [0.25, 0.3) is 0 Å². The number of amides is 1. The van der Waals surface area contributed by atoms with Crippen molar-refractivity contribution < 1.29 is 23.5 Å². The molecule has 1 saturated carbocycles. The molecule has 4 aliphatic heterocycles. The first-order valence-corrected chi connectivity index (χ1v) is 15.2. The zero-order valence-corrected chi connectivity index (χ0v) is 24.3. The van der Waals surface area contributed by atoms with Gasteiger partial charge >= 0.3 is 0 Å². The Morgan fingerprint density at radius 2 is 2.12 bits per heavy atom. The van der Waals surface area contributed by atoms with Gasteiger partial charge in [0.2, 0.25) is 5.91 Å². The lowest BCUT2D eigenvalue weighted by Gasteiger charge is -2.54. The van der Waals surface area contributed by atoms with E-state index in [9.17, 15) is 19.2 Å². The van der Waals surface area contributed by atoms with Crippen molar-refractivity contribution in [1.29, 1.82) is 5.26 Å². The second-order valence-corrected chi connectivity index (χ2v) is 12.4. The lowest BCUT2D eigenvalue weighted by atomic mass is 9.69. The second kappa shape index (κ2) is 12.0. The number of hydrogen-bond donors (Lipinski definition) is 2. The van der Waals surface area contributed by atoms with Crippen molar-refractivity contribution in [3.63, 3.8) is 0 Å². The van der Waals surface area contributed by atoms with Gasteiger partial charge in [-0.3, -0.25) is 25.1 Å². The molecule has 226 valence electrons. The summed E-state index contributed by atoms with van der Waals surface area (Å²) in [7, 11) is 2.11. The van der Waals surface area contributed by atoms with Gasteiger partial charge in [0.1, 0.15) is 11.6 Å². The van der Waals surface area contributed by atoms with Crippen molar-refractivity contribution in [3.8, 4) is 11.8 Å². The fourth-order valence-electron chi connectivity index (χ4n) is 7.70. The van der Waals surface area contributed by atoms with Crippen LogP contribution in [0.5, 0.6) is 5.75 Å². The molecule has 6 unspecified atom stereocenters. The van der Waals surface area contributed by atoms with E-state index in [1.807, 2.05) is 0 Å². The number of halogens is 1. The van der Waals surface area contributed by atoms with Crippen LogP contribution in [0.4, 0.5) is 4.39 Å². The molecule has 42 heavy (non-hydrogen) atoms. The third kappa shape index (κ3) is 5.35. The predicted molar refractivity (Wildman–Crippen MR) is 153 cm³/mol. The summed E-state index contributed by atoms with van der Waals surface area (Å²) in [6, 6.07) is 6.58. The van der Waals surface area contributed by atoms with Crippen LogP contribution in [0.1, 0.15) is 44.1 Å². The highest BCUT2D eigenvalue weighted by Gasteiger charge is 2.57. The summed E-state index contributed by atoms with van der Waals surface area (Å²) < 4.78 is 27.2. The van der Waals surface area contributed by atoms with Crippen LogP contribution < -0.4 is 15.4 Å². The number of carbonyl (C=O) groups excluding carboxylic acids is 2. The summed E-state index contributed by atoms with van der Waals surface area (Å²) in [6.07, 6.45) is 5.13. The van der Waals surface area contributed by atoms with E-state index in [4.69, 9.17) is 9.47 Å². The Kier molecular flexibility index (Phi) is 8.35. The summed E-state index contributed by atoms with van der Waals surface area (Å²) in [5, 5.41) is 16.6. The SMILES string of the molecule is C=CC(=O)N1CCN(C2NC(OCC3CCCN3C)NC3C(=O)[C@@]4(CCc5c(F)cccc5O4)CCC32)CC1CC#N. The summed E-state index contributed by atoms with van der Waals surface area (Å²) in [4.78, 5) is 33.2. The number of Topliss-reactive ketones (excluding diaryl/α,β-unsaturated/α-hetero) is 1. The number of fused-ring (bicyclic) bond motifs is 2. The Morgan fingerprint density at radius 3 is 2.88 bits per heavy atom. The van der Waals surface area contributed by atoms with Gasteiger partial charge in [-0.15, -0.1) is 0 Å². The fraction of sp³-hybridized carbons (Fsp3) is 0.645. The van der Waals surface area contributed by atoms with Gasteiger partial charge in [0.05, 0.1) is 37.3 Å². The minimum atomic E-state index is -1.01. The molecule has 0 bridgehead atoms. The van der Waals surface area contributed by atoms with Crippen LogP contribution in [0, 0.1) is 23.1 Å². The first kappa shape index (κ1) is 29.2. The summed E-state index contributed by atoms with van der Waals surface area (Å²) in [5.74, 6) is -0.0958. The highest BCUT2D eigenvalue weighted by molar-refractivity contribution is 5.94. The van der Waals surface area contributed by atoms with Gasteiger partial charge in [-0.1, -0.05) is 12.6 Å². The molecule has 5 aliphatic rings. The normalized spacial score (nSPS) is 35.3. The first-order chi connectivity index (χ1) is 20.3. The molecular weight excluding hydrogens is 539 g/mol. The van der Waals surface area contributed by atoms with Crippen molar-refractivity contribution in [2.45, 2.75) is 81.2 Å². The smallest absolute Gasteiger partial charge is 0.246 e. The zero-order valence-electron chi connectivity index (χ0n) is 24.3. The standard InChI is InChI=1S/C31H41FN6O4/c1-3-26(39)38-17-16-37(18-20(38)11-14-33)29-23-10-13-31(12-9-22-24(32)7-4-8-25(22)42-31)28(40)27(23)34-30(35-29)41-19-21-6-5-15-36(21)2/h3-4,7-8,20-21,23,27,29-30,34-35H,1,5-6,9-13,15-19H2,2H3/t20?,21?,23?,27?,29?,30?,31-/m1/s1. The number of ether oxygens (including phenoxy) is 2. The van der Waals surface area contributed by atoms with E-state index in [2.05, 4.69) is 40.1 Å². The lowest BCUT2D eigenvalue weighted by molar-refractivity contribution is -0.160. The number of likely N-dealkylation sites (tertiary alicyclic amines) is 1. The van der Waals surface area contributed by atoms with Gasteiger partial charge in [0, 0.05) is 37.2 Å². The molecule has 0 aromatic heterocycles. The minimum absolute atomic E-state index is 0.0132. The molecule has 10 nitrogen and oxygen atoms in total. The van der Waals surface area contributed by atoms with Crippen molar-refractivity contribution in [3.05, 3.63) is 42.2 Å². The van der Waals surface area contributed by atoms with E-state index < -0.39 is 18.0 Å². The molecule has 1 aliphatic carbocycles. The van der Waals surface area contributed by atoms with Crippen molar-refractivity contribution >= 4 is 11.7 Å². The van der Waals surface area contributed by atoms with E-state index in [1.54, 1.807) is 17.0 Å². The molecule has 7 atom stereocenters. The van der Waals surface area contributed by atoms with Crippen LogP contribution in [0.3, 0.4) is 0 Å². The highest BCUT2D eigenvalue weighted by Crippen LogP contribution is 2.44. The van der Waals surface area contributed by atoms with Gasteiger partial charge < -0.3 is 19.3 Å². The number of nitrogens with one attached hydrogen (secondary N) is 2. The van der Waals surface area contributed by atoms with Crippen LogP contribution in [-0.2, 0) is 20.7 Å². The summed E-state index contributed by atoms with van der Waals surface area (Å²) in [6.45, 7) is 6.79. The van der Waals surface area contributed by atoms with E-state index in [0.29, 0.717) is 62.9 Å². The Bertz CT molecular complexity index is 1260. The van der Waals surface area contributed by atoms with Crippen LogP contribution in [0.2, 0.25) is 0 Å². The van der Waals surface area contributed by atoms with Gasteiger partial charge in [0.15, 0.2) is 17.7 Å². The molecule has 1 aromatic carbocycles. The lowest BCUT2D eigenvalue weighted by Crippen LogP contribution is -2.76. The predicted octanol–water partition coefficient (Wildman–Crippen LogP) is 1.76. The molecule has 1 spiro atoms. The number of likely N-dealkylation sites (N-methyl/N-ethyl adjacent to an activating group) is 1. The maximum atomic E-state index is 14.5. The average Bonchev–Trinajstić information content (AvgIpc) is 3.42. The largest absolute Gasteiger partial charge is 0.479 e. The molecule has 11 heteroatoms. The molecule has 1 aromatic rings. The maximum absolute atomic E-state index is 14.5. The quantitative estimate of drug-likeness (QED) is 0.487. The number of benzene rings is 1. The number of nitrogens with zero attached hydrogens (tertiary/aromatic N) is 4. The monoisotopic (exact) mass is 580 g/mol. The molecule has 6 rings (SSSR count).